The zero-order chi connectivity index (χ0) is 8.10. The molecule has 60 valence electrons. The summed E-state index contributed by atoms with van der Waals surface area (Å²) in [5, 5.41) is 0. The molecule has 0 fully saturated rings. The van der Waals surface area contributed by atoms with Crippen LogP contribution in [0.2, 0.25) is 0 Å². The number of imidazole rings is 1. The molecule has 0 aliphatic carbocycles. The van der Waals surface area contributed by atoms with Gasteiger partial charge in [-0.3, -0.25) is 4.79 Å². The van der Waals surface area contributed by atoms with E-state index in [1.54, 1.807) is 0 Å². The van der Waals surface area contributed by atoms with Gasteiger partial charge < -0.3 is 4.98 Å². The maximum atomic E-state index is 10.2. The SMILES string of the molecule is O=Cc1cnc(CNSI)[nH]1. The molecule has 0 atom stereocenters. The topological polar surface area (TPSA) is 57.8 Å². The zero-order valence-electron chi connectivity index (χ0n) is 5.50. The molecule has 0 radical (unpaired) electrons. The number of aromatic nitrogens is 2. The molecule has 0 aliphatic rings. The van der Waals surface area contributed by atoms with Crippen molar-refractivity contribution in [3.8, 4) is 0 Å². The Bertz CT molecular complexity index is 239. The van der Waals surface area contributed by atoms with E-state index in [2.05, 4.69) is 35.9 Å². The zero-order valence-corrected chi connectivity index (χ0v) is 8.48. The quantitative estimate of drug-likeness (QED) is 0.497. The van der Waals surface area contributed by atoms with Gasteiger partial charge in [-0.1, -0.05) is 0 Å². The lowest BCUT2D eigenvalue weighted by Gasteiger charge is -1.92. The predicted molar refractivity (Wildman–Crippen MR) is 52.4 cm³/mol. The molecule has 0 aliphatic heterocycles. The van der Waals surface area contributed by atoms with Crippen molar-refractivity contribution in [1.82, 2.24) is 14.7 Å². The average Bonchev–Trinajstić information content (AvgIpc) is 2.48. The molecular formula is C5H6IN3OS. The number of rotatable bonds is 4. The van der Waals surface area contributed by atoms with Gasteiger partial charge in [0, 0.05) is 21.2 Å². The maximum Gasteiger partial charge on any atom is 0.167 e. The molecule has 1 aromatic heterocycles. The molecule has 1 aromatic rings. The Balaban J connectivity index is 2.51. The van der Waals surface area contributed by atoms with Crippen LogP contribution in [0.5, 0.6) is 0 Å². The fourth-order valence-corrected chi connectivity index (χ4v) is 1.28. The van der Waals surface area contributed by atoms with Crippen LogP contribution < -0.4 is 4.72 Å². The fraction of sp³-hybridized carbons (Fsp3) is 0.200. The van der Waals surface area contributed by atoms with E-state index >= 15 is 0 Å². The van der Waals surface area contributed by atoms with Crippen molar-refractivity contribution in [2.75, 3.05) is 0 Å². The van der Waals surface area contributed by atoms with Crippen LogP contribution in [-0.4, -0.2) is 16.3 Å². The summed E-state index contributed by atoms with van der Waals surface area (Å²) in [7, 11) is 1.48. The molecule has 0 saturated carbocycles. The summed E-state index contributed by atoms with van der Waals surface area (Å²) in [5.74, 6) is 0.774. The van der Waals surface area contributed by atoms with Gasteiger partial charge >= 0.3 is 0 Å². The molecule has 0 bridgehead atoms. The second-order valence-electron chi connectivity index (χ2n) is 1.80. The number of nitrogens with one attached hydrogen (secondary N) is 2. The minimum absolute atomic E-state index is 0.514. The average molecular weight is 283 g/mol. The lowest BCUT2D eigenvalue weighted by molar-refractivity contribution is 0.111. The highest BCUT2D eigenvalue weighted by Crippen LogP contribution is 2.05. The van der Waals surface area contributed by atoms with E-state index in [-0.39, 0.29) is 0 Å². The Labute approximate surface area is 80.3 Å². The highest BCUT2D eigenvalue weighted by Gasteiger charge is 1.97. The highest BCUT2D eigenvalue weighted by atomic mass is 127. The van der Waals surface area contributed by atoms with Crippen molar-refractivity contribution in [2.24, 2.45) is 0 Å². The standard InChI is InChI=1S/C5H6IN3OS/c6-11-8-2-5-7-1-4(3-10)9-5/h1,3,8H,2H2,(H,7,9). The third-order valence-electron chi connectivity index (χ3n) is 1.07. The van der Waals surface area contributed by atoms with Crippen molar-refractivity contribution in [3.63, 3.8) is 0 Å². The van der Waals surface area contributed by atoms with E-state index in [1.165, 1.54) is 15.3 Å². The van der Waals surface area contributed by atoms with Crippen LogP contribution in [-0.2, 0) is 6.54 Å². The van der Waals surface area contributed by atoms with Gasteiger partial charge in [0.05, 0.1) is 18.4 Å². The third-order valence-corrected chi connectivity index (χ3v) is 2.26. The van der Waals surface area contributed by atoms with Gasteiger partial charge in [0.15, 0.2) is 6.29 Å². The summed E-state index contributed by atoms with van der Waals surface area (Å²) in [4.78, 5) is 17.0. The Morgan fingerprint density at radius 3 is 3.27 bits per heavy atom. The first kappa shape index (κ1) is 9.01. The molecule has 0 spiro atoms. The first-order chi connectivity index (χ1) is 5.36. The number of hydrogen-bond donors (Lipinski definition) is 2. The minimum atomic E-state index is 0.514. The van der Waals surface area contributed by atoms with Crippen LogP contribution in [0.4, 0.5) is 0 Å². The number of carbonyl (C=O) groups excluding carboxylic acids is 1. The van der Waals surface area contributed by atoms with E-state index < -0.39 is 0 Å². The number of nitrogens with zero attached hydrogens (tertiary/aromatic N) is 1. The van der Waals surface area contributed by atoms with E-state index in [9.17, 15) is 4.79 Å². The second-order valence-corrected chi connectivity index (χ2v) is 3.57. The number of hydrogen-bond acceptors (Lipinski definition) is 4. The maximum absolute atomic E-state index is 10.2. The molecule has 0 unspecified atom stereocenters. The normalized spacial score (nSPS) is 9.91. The van der Waals surface area contributed by atoms with E-state index in [1.807, 2.05) is 0 Å². The molecule has 0 amide bonds. The van der Waals surface area contributed by atoms with Gasteiger partial charge in [-0.25, -0.2) is 9.71 Å². The summed E-state index contributed by atoms with van der Waals surface area (Å²) in [6.45, 7) is 0.640. The fourth-order valence-electron chi connectivity index (χ4n) is 0.624. The molecule has 0 aromatic carbocycles. The summed E-state index contributed by atoms with van der Waals surface area (Å²) in [6, 6.07) is 0. The number of aldehydes is 1. The van der Waals surface area contributed by atoms with Crippen LogP contribution >= 0.6 is 30.3 Å². The number of H-pyrrole nitrogens is 1. The van der Waals surface area contributed by atoms with Crippen LogP contribution in [0.3, 0.4) is 0 Å². The molecule has 11 heavy (non-hydrogen) atoms. The molecular weight excluding hydrogens is 277 g/mol. The smallest absolute Gasteiger partial charge is 0.167 e. The van der Waals surface area contributed by atoms with Crippen molar-refractivity contribution in [2.45, 2.75) is 6.54 Å². The van der Waals surface area contributed by atoms with Gasteiger partial charge in [-0.05, 0) is 9.12 Å². The molecule has 1 rings (SSSR count). The van der Waals surface area contributed by atoms with Crippen LogP contribution in [0.15, 0.2) is 6.20 Å². The molecule has 2 N–H and O–H groups in total. The summed E-state index contributed by atoms with van der Waals surface area (Å²) < 4.78 is 3.00. The van der Waals surface area contributed by atoms with Gasteiger partial charge in [0.25, 0.3) is 0 Å². The monoisotopic (exact) mass is 283 g/mol. The van der Waals surface area contributed by atoms with E-state index in [4.69, 9.17) is 0 Å². The molecule has 0 saturated heterocycles. The van der Waals surface area contributed by atoms with Gasteiger partial charge in [0.1, 0.15) is 5.82 Å². The largest absolute Gasteiger partial charge is 0.339 e. The Hall–Kier alpha value is -0.0800. The predicted octanol–water partition coefficient (Wildman–Crippen LogP) is 1.31. The number of carbonyl (C=O) groups is 1. The van der Waals surface area contributed by atoms with Crippen molar-refractivity contribution in [3.05, 3.63) is 17.7 Å². The lowest BCUT2D eigenvalue weighted by Crippen LogP contribution is -2.02. The second kappa shape index (κ2) is 4.73. The molecule has 4 nitrogen and oxygen atoms in total. The highest BCUT2D eigenvalue weighted by molar-refractivity contribution is 14.2. The summed E-state index contributed by atoms with van der Waals surface area (Å²) >= 11 is 2.12. The van der Waals surface area contributed by atoms with E-state index in [0.717, 1.165) is 12.1 Å². The first-order valence-electron chi connectivity index (χ1n) is 2.86. The van der Waals surface area contributed by atoms with Crippen molar-refractivity contribution < 1.29 is 4.79 Å². The molecule has 6 heteroatoms. The van der Waals surface area contributed by atoms with Gasteiger partial charge in [0.2, 0.25) is 0 Å². The minimum Gasteiger partial charge on any atom is -0.339 e. The van der Waals surface area contributed by atoms with Gasteiger partial charge in [-0.15, -0.1) is 0 Å². The first-order valence-corrected chi connectivity index (χ1v) is 6.22. The Kier molecular flexibility index (Phi) is 3.87. The van der Waals surface area contributed by atoms with E-state index in [0.29, 0.717) is 12.2 Å². The number of aromatic amines is 1. The summed E-state index contributed by atoms with van der Waals surface area (Å²) in [6.07, 6.45) is 2.26. The van der Waals surface area contributed by atoms with Crippen LogP contribution in [0, 0.1) is 0 Å². The lowest BCUT2D eigenvalue weighted by atomic mass is 10.5. The third kappa shape index (κ3) is 2.80. The molecule has 1 heterocycles. The number of halogens is 1. The van der Waals surface area contributed by atoms with Crippen molar-refractivity contribution >= 4 is 36.6 Å². The van der Waals surface area contributed by atoms with Gasteiger partial charge in [-0.2, -0.15) is 0 Å². The van der Waals surface area contributed by atoms with Crippen molar-refractivity contribution in [1.29, 1.82) is 0 Å². The Morgan fingerprint density at radius 2 is 2.73 bits per heavy atom. The van der Waals surface area contributed by atoms with Crippen LogP contribution in [0.25, 0.3) is 0 Å². The summed E-state index contributed by atoms with van der Waals surface area (Å²) in [5.41, 5.74) is 0.514. The Morgan fingerprint density at radius 1 is 1.91 bits per heavy atom. The van der Waals surface area contributed by atoms with Crippen LogP contribution in [0.1, 0.15) is 16.3 Å².